The molecule has 0 atom stereocenters. The van der Waals surface area contributed by atoms with Crippen LogP contribution in [-0.4, -0.2) is 20.6 Å². The van der Waals surface area contributed by atoms with Gasteiger partial charge in [-0.15, -0.1) is 0 Å². The Morgan fingerprint density at radius 1 is 1.28 bits per heavy atom. The van der Waals surface area contributed by atoms with Crippen molar-refractivity contribution in [3.63, 3.8) is 0 Å². The molecular formula is C17H20N4O4. The van der Waals surface area contributed by atoms with E-state index >= 15 is 0 Å². The van der Waals surface area contributed by atoms with E-state index in [2.05, 4.69) is 10.4 Å². The van der Waals surface area contributed by atoms with Crippen molar-refractivity contribution in [2.45, 2.75) is 39.7 Å². The maximum Gasteiger partial charge on any atom is 0.276 e. The van der Waals surface area contributed by atoms with Gasteiger partial charge in [0.25, 0.3) is 17.2 Å². The monoisotopic (exact) mass is 344 g/mol. The summed E-state index contributed by atoms with van der Waals surface area (Å²) < 4.78 is 1.25. The van der Waals surface area contributed by atoms with Gasteiger partial charge >= 0.3 is 0 Å². The van der Waals surface area contributed by atoms with Crippen LogP contribution in [0, 0.1) is 10.1 Å². The Hall–Kier alpha value is -3.03. The lowest BCUT2D eigenvalue weighted by Gasteiger charge is -2.08. The van der Waals surface area contributed by atoms with Gasteiger partial charge in [-0.3, -0.25) is 19.7 Å². The lowest BCUT2D eigenvalue weighted by Crippen LogP contribution is -2.26. The number of carbonyl (C=O) groups excluding carboxylic acids is 1. The molecule has 0 fully saturated rings. The number of amides is 1. The molecule has 0 aliphatic carbocycles. The molecule has 0 spiro atoms. The number of hydrogen-bond donors (Lipinski definition) is 1. The van der Waals surface area contributed by atoms with Crippen molar-refractivity contribution < 1.29 is 9.72 Å². The van der Waals surface area contributed by atoms with E-state index in [1.807, 2.05) is 13.8 Å². The molecule has 0 saturated carbocycles. The van der Waals surface area contributed by atoms with Gasteiger partial charge in [0, 0.05) is 29.9 Å². The molecule has 0 aliphatic heterocycles. The zero-order valence-electron chi connectivity index (χ0n) is 14.2. The minimum Gasteiger partial charge on any atom is -0.320 e. The summed E-state index contributed by atoms with van der Waals surface area (Å²) in [7, 11) is 0. The largest absolute Gasteiger partial charge is 0.320 e. The van der Waals surface area contributed by atoms with Crippen molar-refractivity contribution in [3.05, 3.63) is 62.1 Å². The van der Waals surface area contributed by atoms with E-state index in [0.717, 1.165) is 12.8 Å². The molecule has 2 aromatic rings. The summed E-state index contributed by atoms with van der Waals surface area (Å²) >= 11 is 0. The molecule has 1 aromatic carbocycles. The summed E-state index contributed by atoms with van der Waals surface area (Å²) in [6.45, 7) is 4.26. The van der Waals surface area contributed by atoms with Crippen LogP contribution < -0.4 is 10.9 Å². The van der Waals surface area contributed by atoms with Gasteiger partial charge in [0.15, 0.2) is 0 Å². The normalized spacial score (nSPS) is 10.5. The van der Waals surface area contributed by atoms with Crippen molar-refractivity contribution in [2.24, 2.45) is 0 Å². The minimum absolute atomic E-state index is 0.0406. The first-order chi connectivity index (χ1) is 12.0. The number of anilines is 1. The zero-order chi connectivity index (χ0) is 18.4. The first kappa shape index (κ1) is 18.3. The van der Waals surface area contributed by atoms with E-state index in [1.165, 1.54) is 22.9 Å². The maximum absolute atomic E-state index is 12.3. The predicted octanol–water partition coefficient (Wildman–Crippen LogP) is 2.77. The smallest absolute Gasteiger partial charge is 0.276 e. The number of rotatable bonds is 7. The number of unbranched alkanes of at least 4 members (excludes halogenated alkanes) is 1. The lowest BCUT2D eigenvalue weighted by molar-refractivity contribution is -0.385. The molecule has 1 heterocycles. The number of nitro benzene ring substituents is 1. The van der Waals surface area contributed by atoms with Crippen molar-refractivity contribution in [1.29, 1.82) is 0 Å². The Morgan fingerprint density at radius 2 is 2.04 bits per heavy atom. The Labute approximate surface area is 144 Å². The third kappa shape index (κ3) is 4.50. The highest BCUT2D eigenvalue weighted by Crippen LogP contribution is 2.23. The summed E-state index contributed by atoms with van der Waals surface area (Å²) in [5, 5.41) is 17.8. The van der Waals surface area contributed by atoms with E-state index in [-0.39, 0.29) is 16.9 Å². The van der Waals surface area contributed by atoms with Gasteiger partial charge < -0.3 is 5.32 Å². The molecule has 2 rings (SSSR count). The molecule has 0 bridgehead atoms. The first-order valence-corrected chi connectivity index (χ1v) is 8.13. The number of aromatic nitrogens is 2. The van der Waals surface area contributed by atoms with E-state index < -0.39 is 10.8 Å². The number of nitrogens with one attached hydrogen (secondary N) is 1. The topological polar surface area (TPSA) is 107 Å². The summed E-state index contributed by atoms with van der Waals surface area (Å²) in [6.07, 6.45) is 2.20. The van der Waals surface area contributed by atoms with Crippen LogP contribution in [0.3, 0.4) is 0 Å². The number of nitro groups is 1. The fourth-order valence-electron chi connectivity index (χ4n) is 2.34. The second kappa shape index (κ2) is 8.18. The molecule has 1 N–H and O–H groups in total. The van der Waals surface area contributed by atoms with Gasteiger partial charge in [0.05, 0.1) is 4.92 Å². The highest BCUT2D eigenvalue weighted by molar-refractivity contribution is 6.02. The molecule has 0 radical (unpaired) electrons. The van der Waals surface area contributed by atoms with Crippen LogP contribution in [0.5, 0.6) is 0 Å². The lowest BCUT2D eigenvalue weighted by atomic mass is 10.1. The average Bonchev–Trinajstić information content (AvgIpc) is 2.60. The van der Waals surface area contributed by atoms with Gasteiger partial charge in [-0.1, -0.05) is 26.3 Å². The van der Waals surface area contributed by atoms with Crippen LogP contribution in [0.25, 0.3) is 0 Å². The summed E-state index contributed by atoms with van der Waals surface area (Å²) in [5.74, 6) is -0.524. The highest BCUT2D eigenvalue weighted by atomic mass is 16.6. The number of carbonyl (C=O) groups is 1. The molecule has 0 unspecified atom stereocenters. The van der Waals surface area contributed by atoms with Gasteiger partial charge in [-0.25, -0.2) is 4.68 Å². The number of aryl methyl sites for hydroxylation is 2. The number of benzene rings is 1. The number of hydrogen-bond acceptors (Lipinski definition) is 5. The van der Waals surface area contributed by atoms with Crippen molar-refractivity contribution in [1.82, 2.24) is 9.78 Å². The van der Waals surface area contributed by atoms with Crippen LogP contribution >= 0.6 is 0 Å². The SMILES string of the molecule is CCCCn1nc(C(=O)Nc2ccc(CC)c([N+](=O)[O-])c2)ccc1=O. The van der Waals surface area contributed by atoms with Gasteiger partial charge in [0.1, 0.15) is 5.69 Å². The van der Waals surface area contributed by atoms with Crippen LogP contribution in [0.2, 0.25) is 0 Å². The van der Waals surface area contributed by atoms with E-state index in [4.69, 9.17) is 0 Å². The summed E-state index contributed by atoms with van der Waals surface area (Å²) in [6, 6.07) is 7.18. The quantitative estimate of drug-likeness (QED) is 0.614. The maximum atomic E-state index is 12.3. The zero-order valence-corrected chi connectivity index (χ0v) is 14.2. The molecule has 1 amide bonds. The standard InChI is InChI=1S/C17H20N4O4/c1-3-5-10-20-16(22)9-8-14(19-20)17(23)18-13-7-6-12(4-2)15(11-13)21(24)25/h6-9,11H,3-5,10H2,1-2H3,(H,18,23). The average molecular weight is 344 g/mol. The fraction of sp³-hybridized carbons (Fsp3) is 0.353. The summed E-state index contributed by atoms with van der Waals surface area (Å²) in [5.41, 5.74) is 0.670. The molecule has 8 heteroatoms. The Bertz CT molecular complexity index is 845. The van der Waals surface area contributed by atoms with E-state index in [1.54, 1.807) is 12.1 Å². The van der Waals surface area contributed by atoms with Crippen LogP contribution in [0.15, 0.2) is 35.1 Å². The third-order valence-electron chi connectivity index (χ3n) is 3.74. The number of nitrogens with zero attached hydrogens (tertiary/aromatic N) is 3. The molecule has 0 saturated heterocycles. The van der Waals surface area contributed by atoms with Crippen LogP contribution in [0.1, 0.15) is 42.7 Å². The Morgan fingerprint density at radius 3 is 2.68 bits per heavy atom. The van der Waals surface area contributed by atoms with Crippen molar-refractivity contribution in [3.8, 4) is 0 Å². The molecule has 1 aromatic heterocycles. The molecule has 132 valence electrons. The van der Waals surface area contributed by atoms with Crippen LogP contribution in [-0.2, 0) is 13.0 Å². The Balaban J connectivity index is 2.23. The Kier molecular flexibility index (Phi) is 5.99. The second-order valence-corrected chi connectivity index (χ2v) is 5.54. The first-order valence-electron chi connectivity index (χ1n) is 8.13. The minimum atomic E-state index is -0.524. The van der Waals surface area contributed by atoms with Gasteiger partial charge in [-0.2, -0.15) is 5.10 Å². The van der Waals surface area contributed by atoms with Crippen LogP contribution in [0.4, 0.5) is 11.4 Å². The van der Waals surface area contributed by atoms with Crippen molar-refractivity contribution >= 4 is 17.3 Å². The second-order valence-electron chi connectivity index (χ2n) is 5.54. The third-order valence-corrected chi connectivity index (χ3v) is 3.74. The van der Waals surface area contributed by atoms with Gasteiger partial charge in [-0.05, 0) is 25.0 Å². The fourth-order valence-corrected chi connectivity index (χ4v) is 2.34. The van der Waals surface area contributed by atoms with E-state index in [0.29, 0.717) is 24.2 Å². The molecule has 0 aliphatic rings. The molecule has 8 nitrogen and oxygen atoms in total. The van der Waals surface area contributed by atoms with E-state index in [9.17, 15) is 19.7 Å². The molecular weight excluding hydrogens is 324 g/mol. The van der Waals surface area contributed by atoms with Crippen molar-refractivity contribution in [2.75, 3.05) is 5.32 Å². The molecule has 25 heavy (non-hydrogen) atoms. The summed E-state index contributed by atoms with van der Waals surface area (Å²) in [4.78, 5) is 34.7. The predicted molar refractivity (Wildman–Crippen MR) is 93.8 cm³/mol. The van der Waals surface area contributed by atoms with Gasteiger partial charge in [0.2, 0.25) is 0 Å². The highest BCUT2D eigenvalue weighted by Gasteiger charge is 2.15.